The molecule has 2 rings (SSSR count). The molecule has 1 atom stereocenters. The molecule has 1 amide bonds. The van der Waals surface area contributed by atoms with Gasteiger partial charge < -0.3 is 14.6 Å². The molecule has 1 unspecified atom stereocenters. The Kier molecular flexibility index (Phi) is 3.34. The van der Waals surface area contributed by atoms with Gasteiger partial charge in [0.1, 0.15) is 12.2 Å². The quantitative estimate of drug-likeness (QED) is 0.872. The number of aliphatic hydroxyl groups is 1. The number of alkyl halides is 3. The predicted molar refractivity (Wildman–Crippen MR) is 57.0 cm³/mol. The molecule has 100 valence electrons. The topological polar surface area (TPSA) is 45.5 Å². The van der Waals surface area contributed by atoms with E-state index in [1.807, 2.05) is 0 Å². The first kappa shape index (κ1) is 12.9. The van der Waals surface area contributed by atoms with Crippen molar-refractivity contribution < 1.29 is 23.1 Å². The smallest absolute Gasteiger partial charge is 0.391 e. The molecule has 0 aliphatic carbocycles. The van der Waals surface area contributed by atoms with Gasteiger partial charge in [0.05, 0.1) is 6.10 Å². The first-order valence-electron chi connectivity index (χ1n) is 5.56. The summed E-state index contributed by atoms with van der Waals surface area (Å²) in [5, 5.41) is 9.32. The van der Waals surface area contributed by atoms with Gasteiger partial charge in [0.2, 0.25) is 0 Å². The molecule has 0 spiro atoms. The van der Waals surface area contributed by atoms with E-state index in [0.29, 0.717) is 13.0 Å². The van der Waals surface area contributed by atoms with Crippen molar-refractivity contribution in [2.24, 2.45) is 0 Å². The van der Waals surface area contributed by atoms with Crippen LogP contribution in [0.5, 0.6) is 0 Å². The van der Waals surface area contributed by atoms with E-state index in [9.17, 15) is 23.1 Å². The van der Waals surface area contributed by atoms with Gasteiger partial charge in [0.25, 0.3) is 5.91 Å². The molecule has 0 saturated carbocycles. The normalized spacial score (nSPS) is 20.4. The van der Waals surface area contributed by atoms with Crippen molar-refractivity contribution in [3.05, 3.63) is 24.0 Å². The molecule has 1 saturated heterocycles. The highest BCUT2D eigenvalue weighted by Crippen LogP contribution is 2.20. The summed E-state index contributed by atoms with van der Waals surface area (Å²) >= 11 is 0. The molecular weight excluding hydrogens is 249 g/mol. The zero-order valence-electron chi connectivity index (χ0n) is 9.52. The number of carbonyl (C=O) groups excluding carboxylic acids is 1. The van der Waals surface area contributed by atoms with Crippen molar-refractivity contribution in [3.8, 4) is 0 Å². The minimum absolute atomic E-state index is 0.00132. The van der Waals surface area contributed by atoms with Crippen molar-refractivity contribution in [2.75, 3.05) is 13.1 Å². The molecule has 0 bridgehead atoms. The fourth-order valence-electron chi connectivity index (χ4n) is 2.03. The van der Waals surface area contributed by atoms with E-state index >= 15 is 0 Å². The number of aromatic nitrogens is 1. The second-order valence-electron chi connectivity index (χ2n) is 4.33. The second kappa shape index (κ2) is 4.64. The molecule has 7 heteroatoms. The number of hydrogen-bond donors (Lipinski definition) is 1. The third-order valence-electron chi connectivity index (χ3n) is 2.85. The Morgan fingerprint density at radius 1 is 1.50 bits per heavy atom. The minimum Gasteiger partial charge on any atom is -0.391 e. The maximum Gasteiger partial charge on any atom is 0.406 e. The molecule has 2 heterocycles. The summed E-state index contributed by atoms with van der Waals surface area (Å²) < 4.78 is 37.8. The van der Waals surface area contributed by atoms with Gasteiger partial charge in [-0.15, -0.1) is 0 Å². The highest BCUT2D eigenvalue weighted by atomic mass is 19.4. The lowest BCUT2D eigenvalue weighted by Gasteiger charge is -2.17. The number of likely N-dealkylation sites (tertiary alicyclic amines) is 1. The van der Waals surface area contributed by atoms with E-state index in [0.717, 1.165) is 4.57 Å². The Morgan fingerprint density at radius 2 is 2.22 bits per heavy atom. The van der Waals surface area contributed by atoms with E-state index in [1.165, 1.54) is 23.2 Å². The third kappa shape index (κ3) is 2.84. The number of halogens is 3. The van der Waals surface area contributed by atoms with Crippen molar-refractivity contribution >= 4 is 5.91 Å². The standard InChI is InChI=1S/C11H13F3N2O2/c12-11(13,14)7-16-4-1-2-9(16)10(18)15-5-3-8(17)6-15/h1-2,4,8,17H,3,5-7H2. The summed E-state index contributed by atoms with van der Waals surface area (Å²) in [5.41, 5.74) is 0.00132. The molecule has 1 aliphatic heterocycles. The molecule has 1 aliphatic rings. The van der Waals surface area contributed by atoms with Gasteiger partial charge >= 0.3 is 6.18 Å². The lowest BCUT2D eigenvalue weighted by atomic mass is 10.3. The van der Waals surface area contributed by atoms with Gasteiger partial charge in [-0.25, -0.2) is 0 Å². The number of aliphatic hydroxyl groups excluding tert-OH is 1. The molecule has 18 heavy (non-hydrogen) atoms. The molecule has 1 fully saturated rings. The maximum atomic E-state index is 12.3. The lowest BCUT2D eigenvalue weighted by Crippen LogP contribution is -2.32. The largest absolute Gasteiger partial charge is 0.406 e. The predicted octanol–water partition coefficient (Wildman–Crippen LogP) is 1.26. The molecule has 0 radical (unpaired) electrons. The summed E-state index contributed by atoms with van der Waals surface area (Å²) in [6.07, 6.45) is -3.25. The van der Waals surface area contributed by atoms with Crippen LogP contribution in [0, 0.1) is 0 Å². The van der Waals surface area contributed by atoms with Gasteiger partial charge in [-0.3, -0.25) is 4.79 Å². The van der Waals surface area contributed by atoms with Crippen molar-refractivity contribution in [1.29, 1.82) is 0 Å². The summed E-state index contributed by atoms with van der Waals surface area (Å²) in [7, 11) is 0. The Labute approximate surface area is 102 Å². The van der Waals surface area contributed by atoms with E-state index in [2.05, 4.69) is 0 Å². The van der Waals surface area contributed by atoms with Crippen LogP contribution >= 0.6 is 0 Å². The fourth-order valence-corrected chi connectivity index (χ4v) is 2.03. The second-order valence-corrected chi connectivity index (χ2v) is 4.33. The molecule has 1 N–H and O–H groups in total. The van der Waals surface area contributed by atoms with Crippen molar-refractivity contribution in [2.45, 2.75) is 25.2 Å². The summed E-state index contributed by atoms with van der Waals surface area (Å²) in [6, 6.07) is 2.77. The van der Waals surface area contributed by atoms with Crippen LogP contribution in [0.3, 0.4) is 0 Å². The van der Waals surface area contributed by atoms with Crippen LogP contribution < -0.4 is 0 Å². The Hall–Kier alpha value is -1.50. The minimum atomic E-state index is -4.36. The van der Waals surface area contributed by atoms with Crippen LogP contribution in [-0.4, -0.2) is 45.9 Å². The molecule has 4 nitrogen and oxygen atoms in total. The zero-order valence-corrected chi connectivity index (χ0v) is 9.52. The van der Waals surface area contributed by atoms with Crippen LogP contribution in [-0.2, 0) is 6.54 Å². The molecule has 0 aromatic carbocycles. The van der Waals surface area contributed by atoms with Crippen LogP contribution in [0.4, 0.5) is 13.2 Å². The van der Waals surface area contributed by atoms with Crippen LogP contribution in [0.25, 0.3) is 0 Å². The highest BCUT2D eigenvalue weighted by Gasteiger charge is 2.31. The number of nitrogens with zero attached hydrogens (tertiary/aromatic N) is 2. The van der Waals surface area contributed by atoms with Crippen molar-refractivity contribution in [3.63, 3.8) is 0 Å². The monoisotopic (exact) mass is 262 g/mol. The highest BCUT2D eigenvalue weighted by molar-refractivity contribution is 5.93. The van der Waals surface area contributed by atoms with Gasteiger partial charge in [0, 0.05) is 19.3 Å². The van der Waals surface area contributed by atoms with E-state index in [-0.39, 0.29) is 12.2 Å². The molecule has 1 aromatic rings. The SMILES string of the molecule is O=C(c1cccn1CC(F)(F)F)N1CCC(O)C1. The van der Waals surface area contributed by atoms with Gasteiger partial charge in [-0.1, -0.05) is 0 Å². The maximum absolute atomic E-state index is 12.3. The van der Waals surface area contributed by atoms with Crippen LogP contribution in [0.15, 0.2) is 18.3 Å². The van der Waals surface area contributed by atoms with Crippen LogP contribution in [0.2, 0.25) is 0 Å². The number of β-amino-alcohol motifs (C(OH)–C–C–N with tert-alkyl or cyclic N) is 1. The van der Waals surface area contributed by atoms with E-state index in [1.54, 1.807) is 0 Å². The summed E-state index contributed by atoms with van der Waals surface area (Å²) in [5.74, 6) is -0.471. The summed E-state index contributed by atoms with van der Waals surface area (Å²) in [6.45, 7) is -0.634. The first-order chi connectivity index (χ1) is 8.37. The average molecular weight is 262 g/mol. The lowest BCUT2D eigenvalue weighted by molar-refractivity contribution is -0.140. The summed E-state index contributed by atoms with van der Waals surface area (Å²) in [4.78, 5) is 13.4. The molecular formula is C11H13F3N2O2. The number of carbonyl (C=O) groups is 1. The third-order valence-corrected chi connectivity index (χ3v) is 2.85. The Morgan fingerprint density at radius 3 is 2.78 bits per heavy atom. The first-order valence-corrected chi connectivity index (χ1v) is 5.56. The average Bonchev–Trinajstić information content (AvgIpc) is 2.84. The van der Waals surface area contributed by atoms with Gasteiger partial charge in [-0.2, -0.15) is 13.2 Å². The van der Waals surface area contributed by atoms with Crippen LogP contribution in [0.1, 0.15) is 16.9 Å². The van der Waals surface area contributed by atoms with E-state index < -0.39 is 24.7 Å². The molecule has 1 aromatic heterocycles. The van der Waals surface area contributed by atoms with Gasteiger partial charge in [0.15, 0.2) is 0 Å². The Balaban J connectivity index is 2.14. The number of amides is 1. The van der Waals surface area contributed by atoms with E-state index in [4.69, 9.17) is 0 Å². The fraction of sp³-hybridized carbons (Fsp3) is 0.545. The van der Waals surface area contributed by atoms with Crippen molar-refractivity contribution in [1.82, 2.24) is 9.47 Å². The Bertz CT molecular complexity index is 442. The zero-order chi connectivity index (χ0) is 13.3. The number of rotatable bonds is 2. The number of hydrogen-bond acceptors (Lipinski definition) is 2. The van der Waals surface area contributed by atoms with Gasteiger partial charge in [-0.05, 0) is 18.6 Å².